The van der Waals surface area contributed by atoms with Crippen molar-refractivity contribution in [2.24, 2.45) is 0 Å². The van der Waals surface area contributed by atoms with Gasteiger partial charge in [0.25, 0.3) is 5.91 Å². The SMILES string of the molecule is CC(C)n1c(-c2cccc(C(=O)N3CCC4(CC3)OCCO4)c2)nc2cccnc21. The number of ether oxygens (including phenoxy) is 2. The maximum atomic E-state index is 13.2. The summed E-state index contributed by atoms with van der Waals surface area (Å²) in [5.41, 5.74) is 3.31. The van der Waals surface area contributed by atoms with Crippen molar-refractivity contribution < 1.29 is 14.3 Å². The highest BCUT2D eigenvalue weighted by atomic mass is 16.7. The van der Waals surface area contributed by atoms with Gasteiger partial charge in [-0.15, -0.1) is 0 Å². The van der Waals surface area contributed by atoms with Crippen molar-refractivity contribution in [3.63, 3.8) is 0 Å². The van der Waals surface area contributed by atoms with Crippen molar-refractivity contribution in [1.82, 2.24) is 19.4 Å². The highest BCUT2D eigenvalue weighted by molar-refractivity contribution is 5.95. The normalized spacial score (nSPS) is 18.6. The van der Waals surface area contributed by atoms with E-state index in [2.05, 4.69) is 23.4 Å². The molecule has 0 saturated carbocycles. The van der Waals surface area contributed by atoms with Crippen LogP contribution in [0.15, 0.2) is 42.6 Å². The number of piperidine rings is 1. The lowest BCUT2D eigenvalue weighted by Crippen LogP contribution is -2.47. The Morgan fingerprint density at radius 3 is 2.60 bits per heavy atom. The Hall–Kier alpha value is -2.77. The highest BCUT2D eigenvalue weighted by Crippen LogP contribution is 2.32. The Labute approximate surface area is 175 Å². The minimum atomic E-state index is -0.478. The lowest BCUT2D eigenvalue weighted by molar-refractivity contribution is -0.181. The first-order valence-electron chi connectivity index (χ1n) is 10.6. The van der Waals surface area contributed by atoms with Crippen LogP contribution in [0.3, 0.4) is 0 Å². The maximum absolute atomic E-state index is 13.2. The summed E-state index contributed by atoms with van der Waals surface area (Å²) in [5.74, 6) is 0.391. The minimum Gasteiger partial charge on any atom is -0.347 e. The highest BCUT2D eigenvalue weighted by Gasteiger charge is 2.40. The number of amides is 1. The molecule has 4 heterocycles. The van der Waals surface area contributed by atoms with Gasteiger partial charge in [0, 0.05) is 49.3 Å². The second kappa shape index (κ2) is 7.49. The van der Waals surface area contributed by atoms with Gasteiger partial charge in [-0.05, 0) is 38.1 Å². The molecule has 30 heavy (non-hydrogen) atoms. The number of pyridine rings is 1. The van der Waals surface area contributed by atoms with E-state index in [9.17, 15) is 4.79 Å². The molecule has 1 aromatic carbocycles. The van der Waals surface area contributed by atoms with Crippen molar-refractivity contribution in [2.75, 3.05) is 26.3 Å². The fraction of sp³-hybridized carbons (Fsp3) is 0.435. The number of imidazole rings is 1. The van der Waals surface area contributed by atoms with Crippen LogP contribution < -0.4 is 0 Å². The average molecular weight is 406 g/mol. The van der Waals surface area contributed by atoms with E-state index in [1.807, 2.05) is 41.3 Å². The molecule has 1 amide bonds. The van der Waals surface area contributed by atoms with Gasteiger partial charge in [0.05, 0.1) is 13.2 Å². The molecule has 3 aromatic rings. The zero-order valence-corrected chi connectivity index (χ0v) is 17.4. The van der Waals surface area contributed by atoms with Crippen molar-refractivity contribution in [2.45, 2.75) is 38.5 Å². The number of hydrogen-bond acceptors (Lipinski definition) is 5. The molecule has 0 unspecified atom stereocenters. The number of carbonyl (C=O) groups is 1. The number of hydrogen-bond donors (Lipinski definition) is 0. The number of benzene rings is 1. The number of likely N-dealkylation sites (tertiary alicyclic amines) is 1. The van der Waals surface area contributed by atoms with Crippen molar-refractivity contribution in [3.8, 4) is 11.4 Å². The molecule has 0 N–H and O–H groups in total. The maximum Gasteiger partial charge on any atom is 0.253 e. The summed E-state index contributed by atoms with van der Waals surface area (Å²) in [7, 11) is 0. The molecule has 2 saturated heterocycles. The van der Waals surface area contributed by atoms with Gasteiger partial charge in [-0.3, -0.25) is 4.79 Å². The van der Waals surface area contributed by atoms with Gasteiger partial charge < -0.3 is 18.9 Å². The second-order valence-corrected chi connectivity index (χ2v) is 8.23. The topological polar surface area (TPSA) is 69.5 Å². The van der Waals surface area contributed by atoms with Gasteiger partial charge in [0.2, 0.25) is 0 Å². The Balaban J connectivity index is 1.43. The number of fused-ring (bicyclic) bond motifs is 1. The van der Waals surface area contributed by atoms with Crippen LogP contribution in [0.2, 0.25) is 0 Å². The molecule has 5 rings (SSSR count). The van der Waals surface area contributed by atoms with Gasteiger partial charge >= 0.3 is 0 Å². The van der Waals surface area contributed by atoms with Gasteiger partial charge in [-0.25, -0.2) is 9.97 Å². The summed E-state index contributed by atoms with van der Waals surface area (Å²) < 4.78 is 13.7. The molecule has 2 fully saturated rings. The monoisotopic (exact) mass is 406 g/mol. The van der Waals surface area contributed by atoms with Gasteiger partial charge in [0.15, 0.2) is 11.4 Å². The number of rotatable bonds is 3. The Morgan fingerprint density at radius 1 is 1.10 bits per heavy atom. The lowest BCUT2D eigenvalue weighted by Gasteiger charge is -2.37. The van der Waals surface area contributed by atoms with Crippen molar-refractivity contribution in [3.05, 3.63) is 48.2 Å². The standard InChI is InChI=1S/C23H26N4O3/c1-16(2)27-20(25-19-7-4-10-24-21(19)27)17-5-3-6-18(15-17)22(28)26-11-8-23(9-12-26)29-13-14-30-23/h3-7,10,15-16H,8-9,11-14H2,1-2H3. The summed E-state index contributed by atoms with van der Waals surface area (Å²) in [5, 5.41) is 0. The largest absolute Gasteiger partial charge is 0.347 e. The third-order valence-corrected chi connectivity index (χ3v) is 5.96. The molecular formula is C23H26N4O3. The van der Waals surface area contributed by atoms with Crippen LogP contribution in [0.1, 0.15) is 43.1 Å². The molecule has 7 nitrogen and oxygen atoms in total. The van der Waals surface area contributed by atoms with E-state index in [0.29, 0.717) is 44.7 Å². The smallest absolute Gasteiger partial charge is 0.253 e. The third-order valence-electron chi connectivity index (χ3n) is 5.96. The van der Waals surface area contributed by atoms with Crippen LogP contribution in [-0.2, 0) is 9.47 Å². The average Bonchev–Trinajstić information content (AvgIpc) is 3.39. The molecule has 0 bridgehead atoms. The van der Waals surface area contributed by atoms with Crippen LogP contribution in [0.25, 0.3) is 22.6 Å². The third kappa shape index (κ3) is 3.28. The Bertz CT molecular complexity index is 1070. The van der Waals surface area contributed by atoms with E-state index in [1.54, 1.807) is 6.20 Å². The van der Waals surface area contributed by atoms with Crippen molar-refractivity contribution in [1.29, 1.82) is 0 Å². The molecular weight excluding hydrogens is 380 g/mol. The van der Waals surface area contributed by atoms with E-state index < -0.39 is 5.79 Å². The fourth-order valence-corrected chi connectivity index (χ4v) is 4.43. The number of carbonyl (C=O) groups excluding carboxylic acids is 1. The summed E-state index contributed by atoms with van der Waals surface area (Å²) in [6, 6.07) is 11.8. The number of nitrogens with zero attached hydrogens (tertiary/aromatic N) is 4. The van der Waals surface area contributed by atoms with Gasteiger partial charge in [0.1, 0.15) is 11.3 Å². The first-order valence-corrected chi connectivity index (χ1v) is 10.6. The van der Waals surface area contributed by atoms with E-state index in [1.165, 1.54) is 0 Å². The minimum absolute atomic E-state index is 0.0371. The summed E-state index contributed by atoms with van der Waals surface area (Å²) in [6.07, 6.45) is 3.22. The second-order valence-electron chi connectivity index (χ2n) is 8.23. The Morgan fingerprint density at radius 2 is 1.87 bits per heavy atom. The number of aromatic nitrogens is 3. The molecule has 2 aliphatic rings. The van der Waals surface area contributed by atoms with Crippen LogP contribution in [0, 0.1) is 0 Å². The lowest BCUT2D eigenvalue weighted by atomic mass is 10.0. The van der Waals surface area contributed by atoms with Gasteiger partial charge in [-0.1, -0.05) is 12.1 Å². The molecule has 0 aliphatic carbocycles. The van der Waals surface area contributed by atoms with E-state index in [-0.39, 0.29) is 11.9 Å². The van der Waals surface area contributed by atoms with E-state index in [0.717, 1.165) is 22.6 Å². The first kappa shape index (κ1) is 19.2. The fourth-order valence-electron chi connectivity index (χ4n) is 4.43. The molecule has 156 valence electrons. The molecule has 0 atom stereocenters. The predicted molar refractivity (Wildman–Crippen MR) is 113 cm³/mol. The summed E-state index contributed by atoms with van der Waals surface area (Å²) in [6.45, 7) is 6.79. The predicted octanol–water partition coefficient (Wildman–Crippen LogP) is 3.66. The summed E-state index contributed by atoms with van der Waals surface area (Å²) in [4.78, 5) is 24.4. The van der Waals surface area contributed by atoms with E-state index >= 15 is 0 Å². The molecule has 2 aliphatic heterocycles. The first-order chi connectivity index (χ1) is 14.6. The van der Waals surface area contributed by atoms with Crippen LogP contribution >= 0.6 is 0 Å². The van der Waals surface area contributed by atoms with Crippen molar-refractivity contribution >= 4 is 17.1 Å². The Kier molecular flexibility index (Phi) is 4.79. The zero-order chi connectivity index (χ0) is 20.7. The quantitative estimate of drug-likeness (QED) is 0.664. The van der Waals surface area contributed by atoms with Gasteiger partial charge in [-0.2, -0.15) is 0 Å². The van der Waals surface area contributed by atoms with Crippen LogP contribution in [0.5, 0.6) is 0 Å². The zero-order valence-electron chi connectivity index (χ0n) is 17.4. The van der Waals surface area contributed by atoms with Crippen LogP contribution in [0.4, 0.5) is 0 Å². The molecule has 2 aromatic heterocycles. The molecule has 1 spiro atoms. The molecule has 0 radical (unpaired) electrons. The van der Waals surface area contributed by atoms with E-state index in [4.69, 9.17) is 14.5 Å². The summed E-state index contributed by atoms with van der Waals surface area (Å²) >= 11 is 0. The van der Waals surface area contributed by atoms with Crippen LogP contribution in [-0.4, -0.2) is 57.4 Å². The molecule has 7 heteroatoms.